The standard InChI is InChI=1S/C21H21NO/c1-17(18-9-4-2-5-10-18)16-22-14-8-13-20(22)15-21(23)19-11-6-3-7-12-19/h2-7,9-12,15H,1,8,13-14,16H2/b20-15+. The fraction of sp³-hybridized carbons (Fsp3) is 0.190. The summed E-state index contributed by atoms with van der Waals surface area (Å²) in [6.07, 6.45) is 3.84. The van der Waals surface area contributed by atoms with Gasteiger partial charge in [-0.1, -0.05) is 67.2 Å². The molecule has 2 aromatic rings. The Morgan fingerprint density at radius 3 is 2.26 bits per heavy atom. The van der Waals surface area contributed by atoms with Crippen LogP contribution in [0.4, 0.5) is 0 Å². The zero-order chi connectivity index (χ0) is 16.1. The number of hydrogen-bond donors (Lipinski definition) is 0. The van der Waals surface area contributed by atoms with Gasteiger partial charge in [-0.2, -0.15) is 0 Å². The number of ketones is 1. The van der Waals surface area contributed by atoms with Crippen molar-refractivity contribution in [3.8, 4) is 0 Å². The molecule has 2 nitrogen and oxygen atoms in total. The maximum atomic E-state index is 12.4. The molecule has 0 bridgehead atoms. The average Bonchev–Trinajstić information content (AvgIpc) is 3.03. The molecule has 1 heterocycles. The van der Waals surface area contributed by atoms with Crippen LogP contribution in [0.2, 0.25) is 0 Å². The van der Waals surface area contributed by atoms with Crippen LogP contribution in [0.15, 0.2) is 79.0 Å². The first-order valence-electron chi connectivity index (χ1n) is 8.02. The first-order valence-corrected chi connectivity index (χ1v) is 8.02. The Labute approximate surface area is 137 Å². The molecule has 2 aromatic carbocycles. The topological polar surface area (TPSA) is 20.3 Å². The first-order chi connectivity index (χ1) is 11.2. The third-order valence-electron chi connectivity index (χ3n) is 4.19. The lowest BCUT2D eigenvalue weighted by atomic mass is 10.1. The second-order valence-electron chi connectivity index (χ2n) is 5.86. The summed E-state index contributed by atoms with van der Waals surface area (Å²) in [6, 6.07) is 19.7. The van der Waals surface area contributed by atoms with Crippen molar-refractivity contribution >= 4 is 11.4 Å². The highest BCUT2D eigenvalue weighted by molar-refractivity contribution is 6.04. The molecule has 1 saturated heterocycles. The fourth-order valence-corrected chi connectivity index (χ4v) is 2.93. The Balaban J connectivity index is 1.72. The number of nitrogens with zero attached hydrogens (tertiary/aromatic N) is 1. The molecule has 0 amide bonds. The van der Waals surface area contributed by atoms with Gasteiger partial charge in [0.2, 0.25) is 0 Å². The van der Waals surface area contributed by atoms with E-state index in [0.29, 0.717) is 0 Å². The largest absolute Gasteiger partial charge is 0.370 e. The summed E-state index contributed by atoms with van der Waals surface area (Å²) in [7, 11) is 0. The molecular formula is C21H21NO. The van der Waals surface area contributed by atoms with E-state index in [9.17, 15) is 4.79 Å². The summed E-state index contributed by atoms with van der Waals surface area (Å²) < 4.78 is 0. The smallest absolute Gasteiger partial charge is 0.187 e. The number of likely N-dealkylation sites (tertiary alicyclic amines) is 1. The molecule has 23 heavy (non-hydrogen) atoms. The van der Waals surface area contributed by atoms with E-state index in [2.05, 4.69) is 23.6 Å². The third kappa shape index (κ3) is 3.78. The SMILES string of the molecule is C=C(CN1CCC/C1=C\C(=O)c1ccccc1)c1ccccc1. The lowest BCUT2D eigenvalue weighted by Gasteiger charge is -2.21. The monoisotopic (exact) mass is 303 g/mol. The molecule has 0 aliphatic carbocycles. The van der Waals surface area contributed by atoms with Crippen molar-refractivity contribution in [3.63, 3.8) is 0 Å². The van der Waals surface area contributed by atoms with Crippen molar-refractivity contribution in [1.29, 1.82) is 0 Å². The Morgan fingerprint density at radius 1 is 1.00 bits per heavy atom. The van der Waals surface area contributed by atoms with Crippen molar-refractivity contribution < 1.29 is 4.79 Å². The molecule has 0 N–H and O–H groups in total. The molecule has 0 aromatic heterocycles. The van der Waals surface area contributed by atoms with E-state index in [1.54, 1.807) is 6.08 Å². The number of carbonyl (C=O) groups is 1. The van der Waals surface area contributed by atoms with E-state index in [0.717, 1.165) is 48.3 Å². The summed E-state index contributed by atoms with van der Waals surface area (Å²) in [5.41, 5.74) is 4.11. The Hall–Kier alpha value is -2.61. The van der Waals surface area contributed by atoms with Crippen molar-refractivity contribution in [2.45, 2.75) is 12.8 Å². The van der Waals surface area contributed by atoms with Gasteiger partial charge >= 0.3 is 0 Å². The van der Waals surface area contributed by atoms with Crippen molar-refractivity contribution in [2.24, 2.45) is 0 Å². The fourth-order valence-electron chi connectivity index (χ4n) is 2.93. The molecule has 0 atom stereocenters. The minimum Gasteiger partial charge on any atom is -0.370 e. The lowest BCUT2D eigenvalue weighted by Crippen LogP contribution is -2.20. The summed E-state index contributed by atoms with van der Waals surface area (Å²) in [5.74, 6) is 0.0813. The molecule has 1 aliphatic heterocycles. The summed E-state index contributed by atoms with van der Waals surface area (Å²) in [5, 5.41) is 0. The number of carbonyl (C=O) groups excluding carboxylic acids is 1. The van der Waals surface area contributed by atoms with Crippen molar-refractivity contribution in [2.75, 3.05) is 13.1 Å². The Morgan fingerprint density at radius 2 is 1.61 bits per heavy atom. The number of hydrogen-bond acceptors (Lipinski definition) is 2. The molecule has 3 rings (SSSR count). The van der Waals surface area contributed by atoms with Gasteiger partial charge < -0.3 is 4.90 Å². The van der Waals surface area contributed by atoms with Gasteiger partial charge in [-0.3, -0.25) is 4.79 Å². The van der Waals surface area contributed by atoms with E-state index >= 15 is 0 Å². The maximum absolute atomic E-state index is 12.4. The van der Waals surface area contributed by atoms with Gasteiger partial charge in [0, 0.05) is 30.4 Å². The second kappa shape index (κ2) is 7.10. The molecule has 2 heteroatoms. The van der Waals surface area contributed by atoms with Gasteiger partial charge in [0.15, 0.2) is 5.78 Å². The van der Waals surface area contributed by atoms with Crippen molar-refractivity contribution in [1.82, 2.24) is 4.90 Å². The predicted octanol–water partition coefficient (Wildman–Crippen LogP) is 4.56. The van der Waals surface area contributed by atoms with E-state index < -0.39 is 0 Å². The molecule has 0 radical (unpaired) electrons. The van der Waals surface area contributed by atoms with Crippen LogP contribution in [0.25, 0.3) is 5.57 Å². The van der Waals surface area contributed by atoms with Gasteiger partial charge in [-0.25, -0.2) is 0 Å². The van der Waals surface area contributed by atoms with Crippen LogP contribution in [0.3, 0.4) is 0 Å². The van der Waals surface area contributed by atoms with Crippen LogP contribution < -0.4 is 0 Å². The zero-order valence-corrected chi connectivity index (χ0v) is 13.2. The van der Waals surface area contributed by atoms with Gasteiger partial charge in [0.25, 0.3) is 0 Å². The third-order valence-corrected chi connectivity index (χ3v) is 4.19. The first kappa shape index (κ1) is 15.3. The number of benzene rings is 2. The minimum atomic E-state index is 0.0813. The molecule has 1 aliphatic rings. The van der Waals surface area contributed by atoms with Gasteiger partial charge in [0.1, 0.15) is 0 Å². The van der Waals surface area contributed by atoms with Crippen LogP contribution in [0.1, 0.15) is 28.8 Å². The highest BCUT2D eigenvalue weighted by Gasteiger charge is 2.19. The molecule has 1 fully saturated rings. The Bertz CT molecular complexity index is 716. The van der Waals surface area contributed by atoms with Crippen LogP contribution in [0, 0.1) is 0 Å². The highest BCUT2D eigenvalue weighted by Crippen LogP contribution is 2.25. The van der Waals surface area contributed by atoms with Crippen LogP contribution >= 0.6 is 0 Å². The van der Waals surface area contributed by atoms with Crippen LogP contribution in [-0.2, 0) is 0 Å². The normalized spacial score (nSPS) is 15.8. The zero-order valence-electron chi connectivity index (χ0n) is 13.2. The molecule has 0 saturated carbocycles. The Kier molecular flexibility index (Phi) is 4.72. The second-order valence-corrected chi connectivity index (χ2v) is 5.86. The molecule has 0 unspecified atom stereocenters. The highest BCUT2D eigenvalue weighted by atomic mass is 16.1. The maximum Gasteiger partial charge on any atom is 0.187 e. The van der Waals surface area contributed by atoms with E-state index in [1.165, 1.54) is 0 Å². The van der Waals surface area contributed by atoms with Crippen LogP contribution in [-0.4, -0.2) is 23.8 Å². The lowest BCUT2D eigenvalue weighted by molar-refractivity contribution is 0.104. The summed E-state index contributed by atoms with van der Waals surface area (Å²) in [4.78, 5) is 14.7. The molecule has 116 valence electrons. The van der Waals surface area contributed by atoms with Crippen LogP contribution in [0.5, 0.6) is 0 Å². The van der Waals surface area contributed by atoms with Crippen molar-refractivity contribution in [3.05, 3.63) is 90.1 Å². The number of rotatable bonds is 5. The van der Waals surface area contributed by atoms with E-state index in [-0.39, 0.29) is 5.78 Å². The summed E-state index contributed by atoms with van der Waals surface area (Å²) in [6.45, 7) is 5.97. The van der Waals surface area contributed by atoms with E-state index in [4.69, 9.17) is 0 Å². The predicted molar refractivity (Wildman–Crippen MR) is 95.1 cm³/mol. The quantitative estimate of drug-likeness (QED) is 0.596. The van der Waals surface area contributed by atoms with Gasteiger partial charge in [-0.05, 0) is 24.0 Å². The van der Waals surface area contributed by atoms with Gasteiger partial charge in [0.05, 0.1) is 0 Å². The molecular weight excluding hydrogens is 282 g/mol. The van der Waals surface area contributed by atoms with E-state index in [1.807, 2.05) is 48.5 Å². The molecule has 0 spiro atoms. The van der Waals surface area contributed by atoms with Gasteiger partial charge in [-0.15, -0.1) is 0 Å². The minimum absolute atomic E-state index is 0.0813. The number of allylic oxidation sites excluding steroid dienone is 2. The summed E-state index contributed by atoms with van der Waals surface area (Å²) >= 11 is 0. The average molecular weight is 303 g/mol.